The van der Waals surface area contributed by atoms with Gasteiger partial charge in [0.05, 0.1) is 6.04 Å². The van der Waals surface area contributed by atoms with Gasteiger partial charge in [0, 0.05) is 5.57 Å². The third-order valence-electron chi connectivity index (χ3n) is 1.06. The van der Waals surface area contributed by atoms with Crippen LogP contribution in [0.1, 0.15) is 20.8 Å². The highest BCUT2D eigenvalue weighted by Gasteiger charge is 2.13. The van der Waals surface area contributed by atoms with Crippen LogP contribution in [-0.2, 0) is 4.79 Å². The molecule has 0 bridgehead atoms. The Bertz CT molecular complexity index is 152. The van der Waals surface area contributed by atoms with Gasteiger partial charge in [-0.2, -0.15) is 0 Å². The van der Waals surface area contributed by atoms with Crippen molar-refractivity contribution in [2.75, 3.05) is 0 Å². The van der Waals surface area contributed by atoms with Crippen LogP contribution < -0.4 is 0 Å². The summed E-state index contributed by atoms with van der Waals surface area (Å²) in [5, 5.41) is 9.66. The molecule has 0 saturated carbocycles. The van der Waals surface area contributed by atoms with Crippen molar-refractivity contribution in [3.8, 4) is 0 Å². The molecule has 0 fully saturated rings. The van der Waals surface area contributed by atoms with E-state index in [0.717, 1.165) is 0 Å². The second-order valence-electron chi connectivity index (χ2n) is 2.52. The molecular weight excluding hydrogens is 130 g/mol. The van der Waals surface area contributed by atoms with Crippen LogP contribution >= 0.6 is 0 Å². The van der Waals surface area contributed by atoms with Gasteiger partial charge in [0.1, 0.15) is 0 Å². The lowest BCUT2D eigenvalue weighted by Gasteiger charge is -2.18. The number of hydrogen-bond donors (Lipinski definition) is 1. The quantitative estimate of drug-likeness (QED) is 0.358. The van der Waals surface area contributed by atoms with Gasteiger partial charge >= 0.3 is 0 Å². The minimum atomic E-state index is -0.421. The summed E-state index contributed by atoms with van der Waals surface area (Å²) in [6, 6.07) is -0.191. The van der Waals surface area contributed by atoms with E-state index < -0.39 is 5.91 Å². The van der Waals surface area contributed by atoms with E-state index in [1.807, 2.05) is 0 Å². The van der Waals surface area contributed by atoms with Gasteiger partial charge in [0.15, 0.2) is 0 Å². The van der Waals surface area contributed by atoms with Crippen LogP contribution in [0, 0.1) is 0 Å². The molecule has 1 N–H and O–H groups in total. The number of hydroxylamine groups is 2. The smallest absolute Gasteiger partial charge is 0.272 e. The maximum absolute atomic E-state index is 10.9. The van der Waals surface area contributed by atoms with Crippen molar-refractivity contribution in [1.29, 1.82) is 0 Å². The summed E-state index contributed by atoms with van der Waals surface area (Å²) in [6.45, 7) is 8.42. The normalized spacial score (nSPS) is 9.70. The van der Waals surface area contributed by atoms with Crippen LogP contribution in [0.3, 0.4) is 0 Å². The van der Waals surface area contributed by atoms with E-state index in [4.69, 9.17) is 5.21 Å². The van der Waals surface area contributed by atoms with E-state index in [9.17, 15) is 4.79 Å². The van der Waals surface area contributed by atoms with E-state index in [1.54, 1.807) is 20.8 Å². The van der Waals surface area contributed by atoms with Crippen LogP contribution in [0.25, 0.3) is 0 Å². The standard InChI is InChI=1S/C7H13NO2/c1-5(2)7(9)8(10)6(3)4/h6,10H,1H2,2-4H3. The molecule has 0 saturated heterocycles. The first-order valence-corrected chi connectivity index (χ1v) is 3.14. The second kappa shape index (κ2) is 3.37. The van der Waals surface area contributed by atoms with E-state index in [2.05, 4.69) is 6.58 Å². The highest BCUT2D eigenvalue weighted by molar-refractivity contribution is 5.91. The molecule has 0 rings (SSSR count). The summed E-state index contributed by atoms with van der Waals surface area (Å²) in [5.41, 5.74) is 0.344. The summed E-state index contributed by atoms with van der Waals surface area (Å²) < 4.78 is 0. The lowest BCUT2D eigenvalue weighted by molar-refractivity contribution is -0.167. The summed E-state index contributed by atoms with van der Waals surface area (Å²) in [6.07, 6.45) is 0. The van der Waals surface area contributed by atoms with E-state index >= 15 is 0 Å². The summed E-state index contributed by atoms with van der Waals surface area (Å²) in [5.74, 6) is -0.421. The van der Waals surface area contributed by atoms with Crippen LogP contribution in [0.5, 0.6) is 0 Å². The Morgan fingerprint density at radius 2 is 2.00 bits per heavy atom. The Morgan fingerprint density at radius 3 is 2.10 bits per heavy atom. The third-order valence-corrected chi connectivity index (χ3v) is 1.06. The molecule has 0 aliphatic heterocycles. The van der Waals surface area contributed by atoms with Crippen LogP contribution in [-0.4, -0.2) is 22.2 Å². The maximum Gasteiger partial charge on any atom is 0.272 e. The summed E-state index contributed by atoms with van der Waals surface area (Å²) in [7, 11) is 0. The van der Waals surface area contributed by atoms with Crippen molar-refractivity contribution in [3.05, 3.63) is 12.2 Å². The average molecular weight is 143 g/mol. The molecule has 0 aliphatic rings. The molecule has 0 atom stereocenters. The topological polar surface area (TPSA) is 40.5 Å². The van der Waals surface area contributed by atoms with E-state index in [0.29, 0.717) is 10.6 Å². The van der Waals surface area contributed by atoms with Gasteiger partial charge in [-0.1, -0.05) is 6.58 Å². The van der Waals surface area contributed by atoms with Gasteiger partial charge in [-0.25, -0.2) is 5.06 Å². The zero-order valence-electron chi connectivity index (χ0n) is 6.59. The predicted molar refractivity (Wildman–Crippen MR) is 38.6 cm³/mol. The molecule has 0 aromatic heterocycles. The highest BCUT2D eigenvalue weighted by Crippen LogP contribution is 1.99. The zero-order valence-corrected chi connectivity index (χ0v) is 6.59. The fourth-order valence-corrected chi connectivity index (χ4v) is 0.430. The van der Waals surface area contributed by atoms with Gasteiger partial charge < -0.3 is 0 Å². The first-order valence-electron chi connectivity index (χ1n) is 3.14. The molecular formula is C7H13NO2. The van der Waals surface area contributed by atoms with Gasteiger partial charge in [-0.15, -0.1) is 0 Å². The molecule has 0 spiro atoms. The largest absolute Gasteiger partial charge is 0.285 e. The van der Waals surface area contributed by atoms with Crippen LogP contribution in [0.4, 0.5) is 0 Å². The summed E-state index contributed by atoms with van der Waals surface area (Å²) >= 11 is 0. The minimum Gasteiger partial charge on any atom is -0.285 e. The van der Waals surface area contributed by atoms with Gasteiger partial charge in [0.25, 0.3) is 5.91 Å². The Labute approximate surface area is 60.9 Å². The average Bonchev–Trinajstić information content (AvgIpc) is 1.84. The van der Waals surface area contributed by atoms with E-state index in [-0.39, 0.29) is 6.04 Å². The monoisotopic (exact) mass is 143 g/mol. The SMILES string of the molecule is C=C(C)C(=O)N(O)C(C)C. The predicted octanol–water partition coefficient (Wildman–Crippen LogP) is 1.19. The molecule has 3 heteroatoms. The number of nitrogens with zero attached hydrogens (tertiary/aromatic N) is 1. The summed E-state index contributed by atoms with van der Waals surface area (Å²) in [4.78, 5) is 10.9. The van der Waals surface area contributed by atoms with Crippen LogP contribution in [0.2, 0.25) is 0 Å². The molecule has 0 aromatic rings. The van der Waals surface area contributed by atoms with Crippen molar-refractivity contribution < 1.29 is 10.0 Å². The lowest BCUT2D eigenvalue weighted by Crippen LogP contribution is -2.33. The molecule has 0 heterocycles. The minimum absolute atomic E-state index is 0.191. The Hall–Kier alpha value is -0.830. The van der Waals surface area contributed by atoms with Crippen molar-refractivity contribution in [1.82, 2.24) is 5.06 Å². The molecule has 1 amide bonds. The fraction of sp³-hybridized carbons (Fsp3) is 0.571. The molecule has 10 heavy (non-hydrogen) atoms. The number of hydrogen-bond acceptors (Lipinski definition) is 2. The Kier molecular flexibility index (Phi) is 3.09. The molecule has 0 radical (unpaired) electrons. The maximum atomic E-state index is 10.9. The zero-order chi connectivity index (χ0) is 8.31. The first-order chi connectivity index (χ1) is 4.46. The van der Waals surface area contributed by atoms with Crippen LogP contribution in [0.15, 0.2) is 12.2 Å². The van der Waals surface area contributed by atoms with Crippen molar-refractivity contribution in [2.24, 2.45) is 0 Å². The Balaban J connectivity index is 4.08. The third kappa shape index (κ3) is 2.19. The van der Waals surface area contributed by atoms with Gasteiger partial charge in [0.2, 0.25) is 0 Å². The van der Waals surface area contributed by atoms with Gasteiger partial charge in [-0.3, -0.25) is 10.0 Å². The first kappa shape index (κ1) is 9.17. The molecule has 3 nitrogen and oxygen atoms in total. The number of carbonyl (C=O) groups is 1. The molecule has 0 aliphatic carbocycles. The molecule has 0 aromatic carbocycles. The number of rotatable bonds is 2. The van der Waals surface area contributed by atoms with Crippen molar-refractivity contribution in [2.45, 2.75) is 26.8 Å². The van der Waals surface area contributed by atoms with Crippen molar-refractivity contribution >= 4 is 5.91 Å². The second-order valence-corrected chi connectivity index (χ2v) is 2.52. The number of amides is 1. The lowest BCUT2D eigenvalue weighted by atomic mass is 10.3. The fourth-order valence-electron chi connectivity index (χ4n) is 0.430. The van der Waals surface area contributed by atoms with Gasteiger partial charge in [-0.05, 0) is 20.8 Å². The van der Waals surface area contributed by atoms with Crippen molar-refractivity contribution in [3.63, 3.8) is 0 Å². The molecule has 0 unspecified atom stereocenters. The number of carbonyl (C=O) groups excluding carboxylic acids is 1. The Morgan fingerprint density at radius 1 is 1.60 bits per heavy atom. The van der Waals surface area contributed by atoms with E-state index in [1.165, 1.54) is 0 Å². The highest BCUT2D eigenvalue weighted by atomic mass is 16.5. The molecule has 58 valence electrons.